The van der Waals surface area contributed by atoms with Crippen LogP contribution >= 0.6 is 0 Å². The third-order valence-corrected chi connectivity index (χ3v) is 2.17. The molecule has 0 saturated heterocycles. The Labute approximate surface area is 120 Å². The van der Waals surface area contributed by atoms with Gasteiger partial charge >= 0.3 is 0 Å². The van der Waals surface area contributed by atoms with Crippen LogP contribution < -0.4 is 0 Å². The third-order valence-electron chi connectivity index (χ3n) is 2.17. The average Bonchev–Trinajstić information content (AvgIpc) is 2.07. The monoisotopic (exact) mass is 274 g/mol. The standard InChI is InChI=1S/C16H34O3/c1-13(2,3)17-11-16(10,19-15(7,8)9)12-18-14(4,5)6/h11-12H2,1-10H3. The zero-order valence-electron chi connectivity index (χ0n) is 14.6. The summed E-state index contributed by atoms with van der Waals surface area (Å²) in [5, 5.41) is 0. The van der Waals surface area contributed by atoms with Crippen molar-refractivity contribution in [2.24, 2.45) is 0 Å². The van der Waals surface area contributed by atoms with Crippen LogP contribution in [0.3, 0.4) is 0 Å². The number of hydrogen-bond acceptors (Lipinski definition) is 3. The predicted molar refractivity (Wildman–Crippen MR) is 80.7 cm³/mol. The first-order chi connectivity index (χ1) is 8.12. The van der Waals surface area contributed by atoms with E-state index in [0.29, 0.717) is 13.2 Å². The van der Waals surface area contributed by atoms with Crippen LogP contribution in [-0.4, -0.2) is 35.6 Å². The molecule has 0 radical (unpaired) electrons. The number of ether oxygens (including phenoxy) is 3. The summed E-state index contributed by atoms with van der Waals surface area (Å²) in [4.78, 5) is 0. The Balaban J connectivity index is 4.72. The van der Waals surface area contributed by atoms with Gasteiger partial charge in [0.1, 0.15) is 5.60 Å². The van der Waals surface area contributed by atoms with Gasteiger partial charge in [0.15, 0.2) is 0 Å². The summed E-state index contributed by atoms with van der Waals surface area (Å²) in [6.07, 6.45) is 0. The molecular formula is C16H34O3. The minimum atomic E-state index is -0.446. The van der Waals surface area contributed by atoms with Crippen LogP contribution in [0.4, 0.5) is 0 Å². The first kappa shape index (κ1) is 18.9. The summed E-state index contributed by atoms with van der Waals surface area (Å²) in [5.41, 5.74) is -1.02. The Morgan fingerprint density at radius 1 is 0.526 bits per heavy atom. The minimum absolute atomic E-state index is 0.176. The minimum Gasteiger partial charge on any atom is -0.373 e. The summed E-state index contributed by atoms with van der Waals surface area (Å²) in [5.74, 6) is 0. The Kier molecular flexibility index (Phi) is 6.07. The van der Waals surface area contributed by atoms with E-state index in [1.54, 1.807) is 0 Å². The van der Waals surface area contributed by atoms with Gasteiger partial charge in [0.05, 0.1) is 30.0 Å². The van der Waals surface area contributed by atoms with Crippen LogP contribution in [0.25, 0.3) is 0 Å². The molecule has 0 amide bonds. The van der Waals surface area contributed by atoms with Crippen molar-refractivity contribution < 1.29 is 14.2 Å². The maximum absolute atomic E-state index is 6.17. The predicted octanol–water partition coefficient (Wildman–Crippen LogP) is 4.19. The van der Waals surface area contributed by atoms with Gasteiger partial charge in [0.2, 0.25) is 0 Å². The van der Waals surface area contributed by atoms with E-state index < -0.39 is 5.60 Å². The van der Waals surface area contributed by atoms with Crippen molar-refractivity contribution in [3.8, 4) is 0 Å². The van der Waals surface area contributed by atoms with Gasteiger partial charge in [0, 0.05) is 0 Å². The van der Waals surface area contributed by atoms with Crippen molar-refractivity contribution in [1.82, 2.24) is 0 Å². The van der Waals surface area contributed by atoms with Gasteiger partial charge in [-0.3, -0.25) is 0 Å². The summed E-state index contributed by atoms with van der Waals surface area (Å²) >= 11 is 0. The van der Waals surface area contributed by atoms with E-state index in [2.05, 4.69) is 69.2 Å². The molecule has 0 fully saturated rings. The molecule has 0 aromatic heterocycles. The van der Waals surface area contributed by atoms with Crippen LogP contribution in [0.1, 0.15) is 69.2 Å². The molecule has 3 heteroatoms. The first-order valence-electron chi connectivity index (χ1n) is 7.10. The maximum Gasteiger partial charge on any atom is 0.113 e. The lowest BCUT2D eigenvalue weighted by atomic mass is 10.0. The Bertz CT molecular complexity index is 245. The van der Waals surface area contributed by atoms with Crippen LogP contribution in [0, 0.1) is 0 Å². The van der Waals surface area contributed by atoms with Gasteiger partial charge in [-0.05, 0) is 69.2 Å². The summed E-state index contributed by atoms with van der Waals surface area (Å²) in [7, 11) is 0. The highest BCUT2D eigenvalue weighted by atomic mass is 16.6. The molecule has 0 N–H and O–H groups in total. The van der Waals surface area contributed by atoms with Gasteiger partial charge in [0.25, 0.3) is 0 Å². The Morgan fingerprint density at radius 3 is 1.05 bits per heavy atom. The molecule has 19 heavy (non-hydrogen) atoms. The molecule has 0 aliphatic carbocycles. The molecule has 0 bridgehead atoms. The van der Waals surface area contributed by atoms with Crippen molar-refractivity contribution in [2.45, 2.75) is 91.6 Å². The number of rotatable bonds is 5. The van der Waals surface area contributed by atoms with Gasteiger partial charge in [-0.15, -0.1) is 0 Å². The topological polar surface area (TPSA) is 27.7 Å². The van der Waals surface area contributed by atoms with E-state index in [1.807, 2.05) is 0 Å². The molecule has 0 unspecified atom stereocenters. The van der Waals surface area contributed by atoms with Gasteiger partial charge < -0.3 is 14.2 Å². The van der Waals surface area contributed by atoms with Crippen molar-refractivity contribution in [3.63, 3.8) is 0 Å². The second-order valence-electron chi connectivity index (χ2n) is 8.47. The lowest BCUT2D eigenvalue weighted by Crippen LogP contribution is -2.48. The highest BCUT2D eigenvalue weighted by Gasteiger charge is 2.34. The second kappa shape index (κ2) is 6.11. The lowest BCUT2D eigenvalue weighted by Gasteiger charge is -2.39. The lowest BCUT2D eigenvalue weighted by molar-refractivity contribution is -0.207. The molecule has 116 valence electrons. The van der Waals surface area contributed by atoms with E-state index >= 15 is 0 Å². The first-order valence-corrected chi connectivity index (χ1v) is 7.10. The summed E-state index contributed by atoms with van der Waals surface area (Å²) in [6.45, 7) is 21.6. The zero-order valence-corrected chi connectivity index (χ0v) is 14.6. The van der Waals surface area contributed by atoms with Crippen molar-refractivity contribution in [3.05, 3.63) is 0 Å². The Morgan fingerprint density at radius 2 is 0.842 bits per heavy atom. The molecule has 0 spiro atoms. The fraction of sp³-hybridized carbons (Fsp3) is 1.00. The molecule has 0 rings (SSSR count). The second-order valence-corrected chi connectivity index (χ2v) is 8.47. The van der Waals surface area contributed by atoms with Crippen LogP contribution in [-0.2, 0) is 14.2 Å². The summed E-state index contributed by atoms with van der Waals surface area (Å²) < 4.78 is 18.0. The quantitative estimate of drug-likeness (QED) is 0.752. The van der Waals surface area contributed by atoms with Crippen LogP contribution in [0.15, 0.2) is 0 Å². The molecule has 0 aliphatic rings. The van der Waals surface area contributed by atoms with E-state index in [4.69, 9.17) is 14.2 Å². The SMILES string of the molecule is CC(C)(C)OCC(C)(COC(C)(C)C)OC(C)(C)C. The van der Waals surface area contributed by atoms with E-state index in [9.17, 15) is 0 Å². The van der Waals surface area contributed by atoms with Crippen LogP contribution in [0.2, 0.25) is 0 Å². The Hall–Kier alpha value is -0.120. The zero-order chi connectivity index (χ0) is 15.5. The molecule has 0 atom stereocenters. The molecule has 0 saturated carbocycles. The van der Waals surface area contributed by atoms with Crippen LogP contribution in [0.5, 0.6) is 0 Å². The van der Waals surface area contributed by atoms with Crippen molar-refractivity contribution >= 4 is 0 Å². The average molecular weight is 274 g/mol. The molecule has 0 aromatic rings. The van der Waals surface area contributed by atoms with E-state index in [0.717, 1.165) is 0 Å². The largest absolute Gasteiger partial charge is 0.373 e. The van der Waals surface area contributed by atoms with Gasteiger partial charge in [-0.1, -0.05) is 0 Å². The van der Waals surface area contributed by atoms with E-state index in [-0.39, 0.29) is 16.8 Å². The maximum atomic E-state index is 6.17. The fourth-order valence-electron chi connectivity index (χ4n) is 1.58. The highest BCUT2D eigenvalue weighted by Crippen LogP contribution is 2.25. The third kappa shape index (κ3) is 11.4. The van der Waals surface area contributed by atoms with Gasteiger partial charge in [-0.2, -0.15) is 0 Å². The fourth-order valence-corrected chi connectivity index (χ4v) is 1.58. The highest BCUT2D eigenvalue weighted by molar-refractivity contribution is 4.81. The smallest absolute Gasteiger partial charge is 0.113 e. The van der Waals surface area contributed by atoms with Crippen molar-refractivity contribution in [1.29, 1.82) is 0 Å². The normalized spacial score (nSPS) is 14.8. The number of hydrogen-bond donors (Lipinski definition) is 0. The molecule has 3 nitrogen and oxygen atoms in total. The summed E-state index contributed by atoms with van der Waals surface area (Å²) in [6, 6.07) is 0. The molecular weight excluding hydrogens is 240 g/mol. The molecule has 0 heterocycles. The molecule has 0 aromatic carbocycles. The van der Waals surface area contributed by atoms with Gasteiger partial charge in [-0.25, -0.2) is 0 Å². The van der Waals surface area contributed by atoms with E-state index in [1.165, 1.54) is 0 Å². The molecule has 0 aliphatic heterocycles. The van der Waals surface area contributed by atoms with Crippen molar-refractivity contribution in [2.75, 3.05) is 13.2 Å².